The van der Waals surface area contributed by atoms with Crippen LogP contribution >= 0.6 is 0 Å². The molecule has 106 valence electrons. The van der Waals surface area contributed by atoms with E-state index in [9.17, 15) is 15.3 Å². The third-order valence-corrected chi connectivity index (χ3v) is 4.08. The first-order chi connectivity index (χ1) is 9.20. The van der Waals surface area contributed by atoms with Crippen LogP contribution in [0.2, 0.25) is 0 Å². The molecular formula is C15H23NO3. The van der Waals surface area contributed by atoms with E-state index in [-0.39, 0.29) is 18.1 Å². The third kappa shape index (κ3) is 3.85. The van der Waals surface area contributed by atoms with Crippen LogP contribution in [-0.4, -0.2) is 28.5 Å². The van der Waals surface area contributed by atoms with Crippen molar-refractivity contribution in [3.8, 4) is 11.5 Å². The van der Waals surface area contributed by atoms with Crippen LogP contribution in [0.1, 0.15) is 31.2 Å². The van der Waals surface area contributed by atoms with Crippen molar-refractivity contribution in [1.82, 2.24) is 5.32 Å². The lowest BCUT2D eigenvalue weighted by atomic mass is 9.79. The maximum Gasteiger partial charge on any atom is 0.157 e. The summed E-state index contributed by atoms with van der Waals surface area (Å²) in [4.78, 5) is 0. The largest absolute Gasteiger partial charge is 0.504 e. The van der Waals surface area contributed by atoms with Crippen LogP contribution in [0.15, 0.2) is 18.2 Å². The molecule has 1 aromatic rings. The molecule has 0 saturated heterocycles. The van der Waals surface area contributed by atoms with Crippen LogP contribution in [0.25, 0.3) is 0 Å². The maximum absolute atomic E-state index is 9.42. The quantitative estimate of drug-likeness (QED) is 0.614. The minimum absolute atomic E-state index is 0.0785. The fraction of sp³-hybridized carbons (Fsp3) is 0.600. The molecule has 1 aliphatic carbocycles. The van der Waals surface area contributed by atoms with Crippen molar-refractivity contribution < 1.29 is 15.3 Å². The minimum Gasteiger partial charge on any atom is -0.504 e. The Morgan fingerprint density at radius 1 is 1.05 bits per heavy atom. The van der Waals surface area contributed by atoms with Gasteiger partial charge in [-0.25, -0.2) is 0 Å². The molecule has 2 atom stereocenters. The first-order valence-electron chi connectivity index (χ1n) is 7.03. The van der Waals surface area contributed by atoms with Gasteiger partial charge in [-0.15, -0.1) is 0 Å². The Labute approximate surface area is 114 Å². The zero-order chi connectivity index (χ0) is 13.7. The van der Waals surface area contributed by atoms with E-state index in [0.717, 1.165) is 18.5 Å². The number of phenols is 2. The van der Waals surface area contributed by atoms with Crippen molar-refractivity contribution in [3.63, 3.8) is 0 Å². The Hall–Kier alpha value is -1.26. The monoisotopic (exact) mass is 265 g/mol. The van der Waals surface area contributed by atoms with Gasteiger partial charge in [0.1, 0.15) is 0 Å². The van der Waals surface area contributed by atoms with Gasteiger partial charge in [-0.2, -0.15) is 0 Å². The van der Waals surface area contributed by atoms with Crippen molar-refractivity contribution in [1.29, 1.82) is 0 Å². The number of nitrogens with one attached hydrogen (secondary N) is 1. The lowest BCUT2D eigenvalue weighted by Gasteiger charge is -2.30. The van der Waals surface area contributed by atoms with Crippen molar-refractivity contribution in [2.24, 2.45) is 11.8 Å². The van der Waals surface area contributed by atoms with E-state index in [1.165, 1.54) is 25.3 Å². The van der Waals surface area contributed by atoms with Crippen molar-refractivity contribution in [2.45, 2.75) is 32.2 Å². The summed E-state index contributed by atoms with van der Waals surface area (Å²) in [5, 5.41) is 31.4. The molecule has 1 fully saturated rings. The highest BCUT2D eigenvalue weighted by atomic mass is 16.3. The SMILES string of the molecule is OCC1CCCCC1CNCc1ccc(O)c(O)c1. The van der Waals surface area contributed by atoms with E-state index >= 15 is 0 Å². The van der Waals surface area contributed by atoms with Crippen molar-refractivity contribution in [3.05, 3.63) is 23.8 Å². The number of benzene rings is 1. The molecule has 1 aromatic carbocycles. The summed E-state index contributed by atoms with van der Waals surface area (Å²) in [6.07, 6.45) is 4.79. The highest BCUT2D eigenvalue weighted by Crippen LogP contribution is 2.29. The highest BCUT2D eigenvalue weighted by molar-refractivity contribution is 5.40. The topological polar surface area (TPSA) is 72.7 Å². The number of rotatable bonds is 5. The van der Waals surface area contributed by atoms with E-state index in [4.69, 9.17) is 0 Å². The number of phenolic OH excluding ortho intramolecular Hbond substituents is 2. The summed E-state index contributed by atoms with van der Waals surface area (Å²) >= 11 is 0. The van der Waals surface area contributed by atoms with Gasteiger partial charge in [-0.1, -0.05) is 18.9 Å². The second kappa shape index (κ2) is 6.78. The summed E-state index contributed by atoms with van der Waals surface area (Å²) < 4.78 is 0. The third-order valence-electron chi connectivity index (χ3n) is 4.08. The average molecular weight is 265 g/mol. The summed E-state index contributed by atoms with van der Waals surface area (Å²) in [5.74, 6) is 0.806. The number of hydrogen-bond donors (Lipinski definition) is 4. The van der Waals surface area contributed by atoms with Gasteiger partial charge in [0.25, 0.3) is 0 Å². The van der Waals surface area contributed by atoms with Crippen LogP contribution in [0.4, 0.5) is 0 Å². The molecule has 1 aliphatic rings. The molecule has 4 nitrogen and oxygen atoms in total. The van der Waals surface area contributed by atoms with Crippen LogP contribution in [-0.2, 0) is 6.54 Å². The molecule has 4 heteroatoms. The van der Waals surface area contributed by atoms with Crippen LogP contribution in [0.5, 0.6) is 11.5 Å². The summed E-state index contributed by atoms with van der Waals surface area (Å²) in [5.41, 5.74) is 0.951. The highest BCUT2D eigenvalue weighted by Gasteiger charge is 2.23. The molecule has 1 saturated carbocycles. The molecular weight excluding hydrogens is 242 g/mol. The number of hydrogen-bond acceptors (Lipinski definition) is 4. The van der Waals surface area contributed by atoms with Gasteiger partial charge in [0, 0.05) is 13.2 Å². The van der Waals surface area contributed by atoms with Gasteiger partial charge in [0.2, 0.25) is 0 Å². The lowest BCUT2D eigenvalue weighted by molar-refractivity contribution is 0.133. The maximum atomic E-state index is 9.42. The van der Waals surface area contributed by atoms with E-state index in [1.807, 2.05) is 0 Å². The fourth-order valence-corrected chi connectivity index (χ4v) is 2.87. The normalized spacial score (nSPS) is 23.4. The predicted octanol–water partition coefficient (Wildman–Crippen LogP) is 1.99. The van der Waals surface area contributed by atoms with Crippen molar-refractivity contribution >= 4 is 0 Å². The first kappa shape index (κ1) is 14.2. The second-order valence-electron chi connectivity index (χ2n) is 5.44. The lowest BCUT2D eigenvalue weighted by Crippen LogP contribution is -2.32. The number of aliphatic hydroxyl groups excluding tert-OH is 1. The Morgan fingerprint density at radius 2 is 1.79 bits per heavy atom. The zero-order valence-corrected chi connectivity index (χ0v) is 11.2. The molecule has 0 amide bonds. The fourth-order valence-electron chi connectivity index (χ4n) is 2.87. The Bertz CT molecular complexity index is 408. The molecule has 19 heavy (non-hydrogen) atoms. The van der Waals surface area contributed by atoms with E-state index < -0.39 is 0 Å². The summed E-state index contributed by atoms with van der Waals surface area (Å²) in [6, 6.07) is 4.88. The zero-order valence-electron chi connectivity index (χ0n) is 11.2. The summed E-state index contributed by atoms with van der Waals surface area (Å²) in [7, 11) is 0. The molecule has 2 rings (SSSR count). The predicted molar refractivity (Wildman–Crippen MR) is 74.0 cm³/mol. The Morgan fingerprint density at radius 3 is 2.47 bits per heavy atom. The Balaban J connectivity index is 1.80. The van der Waals surface area contributed by atoms with Crippen LogP contribution < -0.4 is 5.32 Å². The Kier molecular flexibility index (Phi) is 5.05. The van der Waals surface area contributed by atoms with Crippen LogP contribution in [0, 0.1) is 11.8 Å². The van der Waals surface area contributed by atoms with Gasteiger partial charge < -0.3 is 20.6 Å². The van der Waals surface area contributed by atoms with Gasteiger partial charge in [-0.05, 0) is 48.9 Å². The molecule has 0 radical (unpaired) electrons. The van der Waals surface area contributed by atoms with Gasteiger partial charge in [0.05, 0.1) is 0 Å². The number of aliphatic hydroxyl groups is 1. The standard InChI is InChI=1S/C15H23NO3/c17-10-13-4-2-1-3-12(13)9-16-8-11-5-6-14(18)15(19)7-11/h5-7,12-13,16-19H,1-4,8-10H2. The van der Waals surface area contributed by atoms with E-state index in [0.29, 0.717) is 18.4 Å². The van der Waals surface area contributed by atoms with Gasteiger partial charge in [0.15, 0.2) is 11.5 Å². The molecule has 0 aromatic heterocycles. The van der Waals surface area contributed by atoms with Crippen LogP contribution in [0.3, 0.4) is 0 Å². The first-order valence-corrected chi connectivity index (χ1v) is 7.03. The minimum atomic E-state index is -0.0867. The van der Waals surface area contributed by atoms with E-state index in [1.54, 1.807) is 12.1 Å². The molecule has 0 heterocycles. The average Bonchev–Trinajstić information content (AvgIpc) is 2.43. The number of aromatic hydroxyl groups is 2. The molecule has 4 N–H and O–H groups in total. The van der Waals surface area contributed by atoms with Gasteiger partial charge in [-0.3, -0.25) is 0 Å². The van der Waals surface area contributed by atoms with Gasteiger partial charge >= 0.3 is 0 Å². The molecule has 0 aliphatic heterocycles. The molecule has 0 bridgehead atoms. The smallest absolute Gasteiger partial charge is 0.157 e. The summed E-state index contributed by atoms with van der Waals surface area (Å²) in [6.45, 7) is 1.85. The van der Waals surface area contributed by atoms with E-state index in [2.05, 4.69) is 5.32 Å². The molecule has 0 spiro atoms. The molecule has 2 unspecified atom stereocenters. The second-order valence-corrected chi connectivity index (χ2v) is 5.44. The van der Waals surface area contributed by atoms with Crippen molar-refractivity contribution in [2.75, 3.05) is 13.2 Å².